The van der Waals surface area contributed by atoms with Crippen LogP contribution >= 0.6 is 0 Å². The zero-order chi connectivity index (χ0) is 21.4. The maximum absolute atomic E-state index is 14.9. The second-order valence-corrected chi connectivity index (χ2v) is 7.71. The highest BCUT2D eigenvalue weighted by Gasteiger charge is 2.38. The van der Waals surface area contributed by atoms with Crippen LogP contribution < -0.4 is 5.32 Å². The summed E-state index contributed by atoms with van der Waals surface area (Å²) in [5, 5.41) is 17.3. The van der Waals surface area contributed by atoms with Crippen LogP contribution in [0.1, 0.15) is 42.7 Å². The molecule has 1 fully saturated rings. The second-order valence-electron chi connectivity index (χ2n) is 7.71. The Hall–Kier alpha value is -3.47. The van der Waals surface area contributed by atoms with Gasteiger partial charge in [0.05, 0.1) is 29.4 Å². The Bertz CT molecular complexity index is 1150. The van der Waals surface area contributed by atoms with Crippen LogP contribution in [0, 0.1) is 24.2 Å². The van der Waals surface area contributed by atoms with Gasteiger partial charge in [0.1, 0.15) is 5.82 Å². The van der Waals surface area contributed by atoms with Crippen LogP contribution in [0.25, 0.3) is 16.7 Å². The molecule has 8 heteroatoms. The summed E-state index contributed by atoms with van der Waals surface area (Å²) < 4.78 is 16.5. The SMILES string of the molecule is CC[C@H]1C[C@@H](NC(=O)c2cc3cnn(-c4cccc(C)n4)c3cc2F)[C@@H](C)N1C#N. The predicted molar refractivity (Wildman–Crippen MR) is 110 cm³/mol. The number of rotatable bonds is 4. The van der Waals surface area contributed by atoms with E-state index in [4.69, 9.17) is 0 Å². The van der Waals surface area contributed by atoms with Crippen molar-refractivity contribution in [2.24, 2.45) is 0 Å². The van der Waals surface area contributed by atoms with Crippen LogP contribution in [-0.2, 0) is 0 Å². The minimum absolute atomic E-state index is 0.0325. The minimum atomic E-state index is -0.621. The third kappa shape index (κ3) is 3.36. The van der Waals surface area contributed by atoms with E-state index < -0.39 is 11.7 Å². The van der Waals surface area contributed by atoms with E-state index in [1.807, 2.05) is 32.9 Å². The Morgan fingerprint density at radius 1 is 1.40 bits per heavy atom. The van der Waals surface area contributed by atoms with Crippen molar-refractivity contribution in [3.8, 4) is 12.0 Å². The highest BCUT2D eigenvalue weighted by molar-refractivity contribution is 5.98. The van der Waals surface area contributed by atoms with E-state index in [0.29, 0.717) is 23.1 Å². The number of carbonyl (C=O) groups excluding carboxylic acids is 1. The number of amides is 1. The quantitative estimate of drug-likeness (QED) is 0.672. The van der Waals surface area contributed by atoms with E-state index >= 15 is 0 Å². The van der Waals surface area contributed by atoms with Gasteiger partial charge >= 0.3 is 0 Å². The number of hydrogen-bond donors (Lipinski definition) is 1. The van der Waals surface area contributed by atoms with Crippen molar-refractivity contribution in [3.05, 3.63) is 53.6 Å². The van der Waals surface area contributed by atoms with Gasteiger partial charge in [0.2, 0.25) is 0 Å². The lowest BCUT2D eigenvalue weighted by Gasteiger charge is -2.22. The van der Waals surface area contributed by atoms with Gasteiger partial charge in [-0.05, 0) is 44.9 Å². The Labute approximate surface area is 174 Å². The molecule has 3 heterocycles. The number of aromatic nitrogens is 3. The number of pyridine rings is 1. The molecular weight excluding hydrogens is 383 g/mol. The molecule has 3 atom stereocenters. The highest BCUT2D eigenvalue weighted by atomic mass is 19.1. The first-order chi connectivity index (χ1) is 14.4. The summed E-state index contributed by atoms with van der Waals surface area (Å²) in [6.07, 6.45) is 5.28. The molecule has 1 aliphatic heterocycles. The maximum atomic E-state index is 14.9. The molecule has 1 saturated heterocycles. The van der Waals surface area contributed by atoms with Gasteiger partial charge in [0.25, 0.3) is 5.91 Å². The molecule has 7 nitrogen and oxygen atoms in total. The van der Waals surface area contributed by atoms with Crippen molar-refractivity contribution in [2.45, 2.75) is 51.7 Å². The van der Waals surface area contributed by atoms with Gasteiger partial charge in [-0.3, -0.25) is 4.79 Å². The summed E-state index contributed by atoms with van der Waals surface area (Å²) in [6.45, 7) is 5.79. The van der Waals surface area contributed by atoms with Crippen LogP contribution in [0.2, 0.25) is 0 Å². The van der Waals surface area contributed by atoms with E-state index in [2.05, 4.69) is 21.6 Å². The standard InChI is InChI=1S/C22H23FN6O/c1-4-16-9-19(14(3)28(16)12-24)27-22(30)17-8-15-11-25-29(20(15)10-18(17)23)21-7-5-6-13(2)26-21/h5-8,10-11,14,16,19H,4,9H2,1-3H3,(H,27,30)/t14-,16+,19-/m1/s1. The Balaban J connectivity index is 1.62. The number of halogens is 1. The van der Waals surface area contributed by atoms with Gasteiger partial charge < -0.3 is 10.2 Å². The third-order valence-corrected chi connectivity index (χ3v) is 5.84. The fraction of sp³-hybridized carbons (Fsp3) is 0.364. The van der Waals surface area contributed by atoms with Crippen LogP contribution in [0.3, 0.4) is 0 Å². The van der Waals surface area contributed by atoms with E-state index in [0.717, 1.165) is 12.1 Å². The molecule has 1 N–H and O–H groups in total. The van der Waals surface area contributed by atoms with Gasteiger partial charge in [-0.2, -0.15) is 10.4 Å². The number of benzene rings is 1. The first-order valence-electron chi connectivity index (χ1n) is 10.0. The van der Waals surface area contributed by atoms with Crippen molar-refractivity contribution >= 4 is 16.8 Å². The molecule has 1 amide bonds. The molecule has 1 aromatic carbocycles. The lowest BCUT2D eigenvalue weighted by Crippen LogP contribution is -2.42. The molecule has 0 bridgehead atoms. The van der Waals surface area contributed by atoms with Gasteiger partial charge in [-0.15, -0.1) is 0 Å². The fourth-order valence-electron chi connectivity index (χ4n) is 4.14. The van der Waals surface area contributed by atoms with E-state index in [1.54, 1.807) is 21.8 Å². The molecule has 0 unspecified atom stereocenters. The maximum Gasteiger partial charge on any atom is 0.254 e. The number of fused-ring (bicyclic) bond motifs is 1. The van der Waals surface area contributed by atoms with Crippen molar-refractivity contribution < 1.29 is 9.18 Å². The lowest BCUT2D eigenvalue weighted by atomic mass is 10.1. The average molecular weight is 406 g/mol. The molecule has 4 rings (SSSR count). The van der Waals surface area contributed by atoms with Crippen molar-refractivity contribution in [1.29, 1.82) is 5.26 Å². The molecule has 154 valence electrons. The average Bonchev–Trinajstić information content (AvgIpc) is 3.27. The first-order valence-corrected chi connectivity index (χ1v) is 10.0. The summed E-state index contributed by atoms with van der Waals surface area (Å²) in [5.41, 5.74) is 1.34. The highest BCUT2D eigenvalue weighted by Crippen LogP contribution is 2.27. The van der Waals surface area contributed by atoms with Crippen LogP contribution in [0.5, 0.6) is 0 Å². The molecule has 0 saturated carbocycles. The number of nitriles is 1. The zero-order valence-electron chi connectivity index (χ0n) is 17.1. The van der Waals surface area contributed by atoms with Gasteiger partial charge in [0, 0.05) is 23.2 Å². The number of hydrogen-bond acceptors (Lipinski definition) is 5. The first kappa shape index (κ1) is 19.8. The van der Waals surface area contributed by atoms with Gasteiger partial charge in [-0.25, -0.2) is 14.1 Å². The number of nitrogens with zero attached hydrogens (tertiary/aromatic N) is 5. The molecule has 0 spiro atoms. The van der Waals surface area contributed by atoms with E-state index in [9.17, 15) is 14.4 Å². The van der Waals surface area contributed by atoms with Gasteiger partial charge in [0.15, 0.2) is 12.0 Å². The molecule has 0 aliphatic carbocycles. The number of aryl methyl sites for hydroxylation is 1. The number of carbonyl (C=O) groups is 1. The summed E-state index contributed by atoms with van der Waals surface area (Å²) in [7, 11) is 0. The second kappa shape index (κ2) is 7.75. The minimum Gasteiger partial charge on any atom is -0.347 e. The summed E-state index contributed by atoms with van der Waals surface area (Å²) >= 11 is 0. The number of likely N-dealkylation sites (tertiary alicyclic amines) is 1. The van der Waals surface area contributed by atoms with Crippen LogP contribution in [0.15, 0.2) is 36.5 Å². The molecule has 1 aliphatic rings. The summed E-state index contributed by atoms with van der Waals surface area (Å²) in [5.74, 6) is -0.518. The normalized spacial score (nSPS) is 21.0. The van der Waals surface area contributed by atoms with Crippen molar-refractivity contribution in [3.63, 3.8) is 0 Å². The monoisotopic (exact) mass is 406 g/mol. The van der Waals surface area contributed by atoms with E-state index in [-0.39, 0.29) is 23.7 Å². The van der Waals surface area contributed by atoms with Crippen molar-refractivity contribution in [2.75, 3.05) is 0 Å². The van der Waals surface area contributed by atoms with E-state index in [1.165, 1.54) is 12.1 Å². The van der Waals surface area contributed by atoms with Crippen molar-refractivity contribution in [1.82, 2.24) is 25.0 Å². The topological polar surface area (TPSA) is 86.8 Å². The van der Waals surface area contributed by atoms with Crippen LogP contribution in [-0.4, -0.2) is 43.7 Å². The zero-order valence-corrected chi connectivity index (χ0v) is 17.1. The van der Waals surface area contributed by atoms with Gasteiger partial charge in [-0.1, -0.05) is 13.0 Å². The Morgan fingerprint density at radius 3 is 2.87 bits per heavy atom. The molecule has 0 radical (unpaired) electrons. The van der Waals surface area contributed by atoms with Crippen LogP contribution in [0.4, 0.5) is 4.39 Å². The lowest BCUT2D eigenvalue weighted by molar-refractivity contribution is 0.0927. The largest absolute Gasteiger partial charge is 0.347 e. The summed E-state index contributed by atoms with van der Waals surface area (Å²) in [6, 6.07) is 8.10. The smallest absolute Gasteiger partial charge is 0.254 e. The number of nitrogens with one attached hydrogen (secondary N) is 1. The summed E-state index contributed by atoms with van der Waals surface area (Å²) in [4.78, 5) is 19.0. The molecule has 30 heavy (non-hydrogen) atoms. The third-order valence-electron chi connectivity index (χ3n) is 5.84. The Kier molecular flexibility index (Phi) is 5.12. The molecular formula is C22H23FN6O. The Morgan fingerprint density at radius 2 is 2.20 bits per heavy atom. The fourth-order valence-corrected chi connectivity index (χ4v) is 4.14. The molecule has 3 aromatic rings. The predicted octanol–water partition coefficient (Wildman–Crippen LogP) is 3.32. The molecule has 2 aromatic heterocycles.